The minimum absolute atomic E-state index is 0.0540. The first kappa shape index (κ1) is 12.5. The van der Waals surface area contributed by atoms with Crippen molar-refractivity contribution in [2.45, 2.75) is 25.1 Å². The lowest BCUT2D eigenvalue weighted by Gasteiger charge is -2.19. The van der Waals surface area contributed by atoms with Crippen molar-refractivity contribution in [3.05, 3.63) is 28.3 Å². The Balaban J connectivity index is 2.55. The molecule has 1 fully saturated rings. The Morgan fingerprint density at radius 1 is 1.35 bits per heavy atom. The standard InChI is InChI=1S/C11H11ClF3NO/c12-7-4-3-6(11(13,14)15)9(10(7)17)8-2-1-5-16-8/h3-4,8,16-17H,1-2,5H2/t8-/m0/s1. The third-order valence-electron chi connectivity index (χ3n) is 2.88. The van der Waals surface area contributed by atoms with E-state index < -0.39 is 23.5 Å². The summed E-state index contributed by atoms with van der Waals surface area (Å²) in [5, 5.41) is 12.6. The quantitative estimate of drug-likeness (QED) is 0.815. The Bertz CT molecular complexity index is 427. The lowest BCUT2D eigenvalue weighted by molar-refractivity contribution is -0.138. The number of rotatable bonds is 1. The van der Waals surface area contributed by atoms with Gasteiger partial charge in [-0.05, 0) is 31.5 Å². The van der Waals surface area contributed by atoms with Gasteiger partial charge in [0.25, 0.3) is 0 Å². The molecule has 1 saturated heterocycles. The Kier molecular flexibility index (Phi) is 3.23. The zero-order valence-electron chi connectivity index (χ0n) is 8.81. The second-order valence-corrected chi connectivity index (χ2v) is 4.41. The third kappa shape index (κ3) is 2.35. The monoisotopic (exact) mass is 265 g/mol. The van der Waals surface area contributed by atoms with E-state index in [0.29, 0.717) is 13.0 Å². The topological polar surface area (TPSA) is 32.3 Å². The molecular weight excluding hydrogens is 255 g/mol. The van der Waals surface area contributed by atoms with Gasteiger partial charge in [0, 0.05) is 11.6 Å². The van der Waals surface area contributed by atoms with Crippen LogP contribution in [0.25, 0.3) is 0 Å². The highest BCUT2D eigenvalue weighted by atomic mass is 35.5. The van der Waals surface area contributed by atoms with Crippen molar-refractivity contribution < 1.29 is 18.3 Å². The first-order valence-electron chi connectivity index (χ1n) is 5.23. The number of benzene rings is 1. The molecule has 1 aliphatic heterocycles. The minimum atomic E-state index is -4.48. The van der Waals surface area contributed by atoms with E-state index in [0.717, 1.165) is 18.6 Å². The molecule has 1 aromatic rings. The van der Waals surface area contributed by atoms with Crippen molar-refractivity contribution in [1.82, 2.24) is 5.32 Å². The molecule has 1 atom stereocenters. The number of hydrogen-bond acceptors (Lipinski definition) is 2. The van der Waals surface area contributed by atoms with Crippen LogP contribution in [0.5, 0.6) is 5.75 Å². The Hall–Kier alpha value is -0.940. The van der Waals surface area contributed by atoms with E-state index in [4.69, 9.17) is 11.6 Å². The predicted octanol–water partition coefficient (Wildman–Crippen LogP) is 3.49. The molecule has 2 rings (SSSR count). The highest BCUT2D eigenvalue weighted by molar-refractivity contribution is 6.32. The molecule has 0 amide bonds. The van der Waals surface area contributed by atoms with Crippen molar-refractivity contribution in [2.75, 3.05) is 6.54 Å². The van der Waals surface area contributed by atoms with Gasteiger partial charge in [-0.15, -0.1) is 0 Å². The second kappa shape index (κ2) is 4.38. The van der Waals surface area contributed by atoms with E-state index in [-0.39, 0.29) is 10.6 Å². The van der Waals surface area contributed by atoms with Crippen LogP contribution in [-0.2, 0) is 6.18 Å². The summed E-state index contributed by atoms with van der Waals surface area (Å²) in [6.45, 7) is 0.647. The molecule has 0 spiro atoms. The van der Waals surface area contributed by atoms with Gasteiger partial charge in [-0.25, -0.2) is 0 Å². The SMILES string of the molecule is Oc1c(Cl)ccc(C(F)(F)F)c1[C@@H]1CCCN1. The van der Waals surface area contributed by atoms with E-state index in [1.165, 1.54) is 0 Å². The van der Waals surface area contributed by atoms with E-state index >= 15 is 0 Å². The van der Waals surface area contributed by atoms with Crippen LogP contribution < -0.4 is 5.32 Å². The molecule has 0 saturated carbocycles. The number of phenolic OH excluding ortho intramolecular Hbond substituents is 1. The molecule has 1 aromatic carbocycles. The first-order valence-corrected chi connectivity index (χ1v) is 5.61. The molecule has 2 N–H and O–H groups in total. The van der Waals surface area contributed by atoms with Crippen LogP contribution in [0.1, 0.15) is 30.0 Å². The van der Waals surface area contributed by atoms with Crippen LogP contribution in [0.2, 0.25) is 5.02 Å². The molecule has 1 aliphatic rings. The molecular formula is C11H11ClF3NO. The minimum Gasteiger partial charge on any atom is -0.506 e. The van der Waals surface area contributed by atoms with Crippen LogP contribution in [0.4, 0.5) is 13.2 Å². The van der Waals surface area contributed by atoms with Crippen molar-refractivity contribution in [1.29, 1.82) is 0 Å². The van der Waals surface area contributed by atoms with E-state index in [1.54, 1.807) is 0 Å². The van der Waals surface area contributed by atoms with Crippen molar-refractivity contribution in [3.8, 4) is 5.75 Å². The van der Waals surface area contributed by atoms with Crippen LogP contribution in [-0.4, -0.2) is 11.7 Å². The fourth-order valence-corrected chi connectivity index (χ4v) is 2.28. The average molecular weight is 266 g/mol. The predicted molar refractivity (Wildman–Crippen MR) is 58.1 cm³/mol. The molecule has 2 nitrogen and oxygen atoms in total. The van der Waals surface area contributed by atoms with Crippen LogP contribution in [0.15, 0.2) is 12.1 Å². The first-order chi connectivity index (χ1) is 7.91. The summed E-state index contributed by atoms with van der Waals surface area (Å²) < 4.78 is 38.5. The van der Waals surface area contributed by atoms with Gasteiger partial charge < -0.3 is 10.4 Å². The largest absolute Gasteiger partial charge is 0.506 e. The van der Waals surface area contributed by atoms with Crippen molar-refractivity contribution >= 4 is 11.6 Å². The highest BCUT2D eigenvalue weighted by Gasteiger charge is 2.38. The molecule has 1 heterocycles. The summed E-state index contributed by atoms with van der Waals surface area (Å²) in [4.78, 5) is 0. The number of aromatic hydroxyl groups is 1. The lowest BCUT2D eigenvalue weighted by atomic mass is 9.97. The van der Waals surface area contributed by atoms with Gasteiger partial charge in [-0.2, -0.15) is 13.2 Å². The third-order valence-corrected chi connectivity index (χ3v) is 3.19. The van der Waals surface area contributed by atoms with Crippen LogP contribution >= 0.6 is 11.6 Å². The summed E-state index contributed by atoms with van der Waals surface area (Å²) in [6, 6.07) is 1.50. The Labute approximate surface area is 101 Å². The average Bonchev–Trinajstić information content (AvgIpc) is 2.73. The van der Waals surface area contributed by atoms with Crippen LogP contribution in [0, 0.1) is 0 Å². The van der Waals surface area contributed by atoms with Gasteiger partial charge in [0.15, 0.2) is 0 Å². The fraction of sp³-hybridized carbons (Fsp3) is 0.455. The summed E-state index contributed by atoms with van der Waals surface area (Å²) >= 11 is 5.67. The maximum absolute atomic E-state index is 12.8. The summed E-state index contributed by atoms with van der Waals surface area (Å²) in [5.74, 6) is -0.471. The highest BCUT2D eigenvalue weighted by Crippen LogP contribution is 2.43. The molecule has 6 heteroatoms. The van der Waals surface area contributed by atoms with Gasteiger partial charge in [0.2, 0.25) is 0 Å². The summed E-state index contributed by atoms with van der Waals surface area (Å²) in [5.41, 5.74) is -0.957. The van der Waals surface area contributed by atoms with E-state index in [1.807, 2.05) is 0 Å². The molecule has 0 bridgehead atoms. The number of hydrogen-bond donors (Lipinski definition) is 2. The van der Waals surface area contributed by atoms with Gasteiger partial charge in [0.1, 0.15) is 5.75 Å². The number of nitrogens with one attached hydrogen (secondary N) is 1. The molecule has 0 aliphatic carbocycles. The second-order valence-electron chi connectivity index (χ2n) is 4.00. The zero-order valence-corrected chi connectivity index (χ0v) is 9.57. The Morgan fingerprint density at radius 3 is 2.59 bits per heavy atom. The van der Waals surface area contributed by atoms with E-state index in [2.05, 4.69) is 5.32 Å². The van der Waals surface area contributed by atoms with Crippen molar-refractivity contribution in [2.24, 2.45) is 0 Å². The van der Waals surface area contributed by atoms with Crippen molar-refractivity contribution in [3.63, 3.8) is 0 Å². The zero-order chi connectivity index (χ0) is 12.6. The maximum atomic E-state index is 12.8. The molecule has 0 aromatic heterocycles. The van der Waals surface area contributed by atoms with Gasteiger partial charge >= 0.3 is 6.18 Å². The van der Waals surface area contributed by atoms with Gasteiger partial charge in [-0.1, -0.05) is 11.6 Å². The smallest absolute Gasteiger partial charge is 0.416 e. The summed E-state index contributed by atoms with van der Waals surface area (Å²) in [6.07, 6.45) is -3.13. The normalized spacial score (nSPS) is 20.8. The summed E-state index contributed by atoms with van der Waals surface area (Å²) in [7, 11) is 0. The number of halogens is 4. The number of phenols is 1. The van der Waals surface area contributed by atoms with Gasteiger partial charge in [0.05, 0.1) is 10.6 Å². The van der Waals surface area contributed by atoms with Crippen LogP contribution in [0.3, 0.4) is 0 Å². The maximum Gasteiger partial charge on any atom is 0.416 e. The molecule has 17 heavy (non-hydrogen) atoms. The van der Waals surface area contributed by atoms with E-state index in [9.17, 15) is 18.3 Å². The molecule has 94 valence electrons. The number of alkyl halides is 3. The molecule has 0 unspecified atom stereocenters. The van der Waals surface area contributed by atoms with Gasteiger partial charge in [-0.3, -0.25) is 0 Å². The molecule has 0 radical (unpaired) electrons. The lowest BCUT2D eigenvalue weighted by Crippen LogP contribution is -2.18. The fourth-order valence-electron chi connectivity index (χ4n) is 2.11. The Morgan fingerprint density at radius 2 is 2.06 bits per heavy atom.